The quantitative estimate of drug-likeness (QED) is 0.925. The average molecular weight is 321 g/mol. The van der Waals surface area contributed by atoms with Crippen LogP contribution in [0.1, 0.15) is 35.7 Å². The molecule has 114 valence electrons. The molecule has 0 radical (unpaired) electrons. The Hall–Kier alpha value is -1.83. The van der Waals surface area contributed by atoms with Crippen molar-refractivity contribution in [3.63, 3.8) is 0 Å². The Labute approximate surface area is 123 Å². The summed E-state index contributed by atoms with van der Waals surface area (Å²) in [5.74, 6) is -0.647. The Morgan fingerprint density at radius 2 is 2.05 bits per heavy atom. The van der Waals surface area contributed by atoms with Crippen molar-refractivity contribution in [2.75, 3.05) is 0 Å². The van der Waals surface area contributed by atoms with Crippen molar-refractivity contribution in [3.8, 4) is 0 Å². The van der Waals surface area contributed by atoms with Crippen LogP contribution in [0.3, 0.4) is 0 Å². The van der Waals surface area contributed by atoms with E-state index >= 15 is 0 Å². The van der Waals surface area contributed by atoms with Gasteiger partial charge in [0.2, 0.25) is 0 Å². The minimum absolute atomic E-state index is 0.132. The molecule has 1 amide bonds. The Morgan fingerprint density at radius 3 is 2.57 bits per heavy atom. The first-order valence-electron chi connectivity index (χ1n) is 6.05. The standard InChI is InChI=1S/C12H12ClF3N4O/c1-5(2)17-11(21)9-8(13)10-18-6(3)4-7(12(14,15)16)20(10)19-9/h4-5H,1-3H3,(H,17,21). The van der Waals surface area contributed by atoms with Crippen LogP contribution in [0.25, 0.3) is 5.65 Å². The maximum absolute atomic E-state index is 13.0. The molecular weight excluding hydrogens is 309 g/mol. The molecule has 2 aromatic heterocycles. The Morgan fingerprint density at radius 1 is 1.43 bits per heavy atom. The molecule has 0 aliphatic carbocycles. The number of hydrogen-bond donors (Lipinski definition) is 1. The lowest BCUT2D eigenvalue weighted by Crippen LogP contribution is -2.30. The van der Waals surface area contributed by atoms with Crippen molar-refractivity contribution >= 4 is 23.2 Å². The number of alkyl halides is 3. The van der Waals surface area contributed by atoms with Crippen LogP contribution in [-0.2, 0) is 6.18 Å². The van der Waals surface area contributed by atoms with Gasteiger partial charge in [0.05, 0.1) is 0 Å². The van der Waals surface area contributed by atoms with Crippen LogP contribution in [0.5, 0.6) is 0 Å². The molecule has 0 bridgehead atoms. The van der Waals surface area contributed by atoms with E-state index in [1.807, 2.05) is 0 Å². The number of amides is 1. The number of halogens is 4. The summed E-state index contributed by atoms with van der Waals surface area (Å²) in [6.45, 7) is 4.84. The minimum Gasteiger partial charge on any atom is -0.348 e. The first kappa shape index (κ1) is 15.6. The predicted molar refractivity (Wildman–Crippen MR) is 70.3 cm³/mol. The molecule has 2 aromatic rings. The third-order valence-electron chi connectivity index (χ3n) is 2.59. The van der Waals surface area contributed by atoms with Gasteiger partial charge in [0.1, 0.15) is 10.7 Å². The molecule has 21 heavy (non-hydrogen) atoms. The van der Waals surface area contributed by atoms with Gasteiger partial charge in [-0.05, 0) is 26.8 Å². The highest BCUT2D eigenvalue weighted by Crippen LogP contribution is 2.32. The Balaban J connectivity index is 2.68. The number of hydrogen-bond acceptors (Lipinski definition) is 3. The normalized spacial score (nSPS) is 12.2. The summed E-state index contributed by atoms with van der Waals surface area (Å²) >= 11 is 5.96. The van der Waals surface area contributed by atoms with Gasteiger partial charge in [0, 0.05) is 11.7 Å². The fraction of sp³-hybridized carbons (Fsp3) is 0.417. The number of carbonyl (C=O) groups is 1. The van der Waals surface area contributed by atoms with E-state index in [0.717, 1.165) is 6.07 Å². The van der Waals surface area contributed by atoms with Gasteiger partial charge in [0.15, 0.2) is 11.3 Å². The van der Waals surface area contributed by atoms with Gasteiger partial charge in [-0.1, -0.05) is 11.6 Å². The number of carbonyl (C=O) groups excluding carboxylic acids is 1. The van der Waals surface area contributed by atoms with Gasteiger partial charge in [-0.2, -0.15) is 18.3 Å². The summed E-state index contributed by atoms with van der Waals surface area (Å²) < 4.78 is 39.6. The molecule has 0 saturated heterocycles. The second-order valence-electron chi connectivity index (χ2n) is 4.81. The van der Waals surface area contributed by atoms with E-state index in [0.29, 0.717) is 4.52 Å². The van der Waals surface area contributed by atoms with Crippen molar-refractivity contribution < 1.29 is 18.0 Å². The van der Waals surface area contributed by atoms with E-state index in [-0.39, 0.29) is 28.1 Å². The predicted octanol–water partition coefficient (Wildman–Crippen LogP) is 2.85. The van der Waals surface area contributed by atoms with Crippen LogP contribution in [0, 0.1) is 6.92 Å². The maximum Gasteiger partial charge on any atom is 0.433 e. The molecule has 9 heteroatoms. The zero-order valence-corrected chi connectivity index (χ0v) is 12.2. The first-order chi connectivity index (χ1) is 9.61. The fourth-order valence-electron chi connectivity index (χ4n) is 1.79. The highest BCUT2D eigenvalue weighted by atomic mass is 35.5. The molecule has 0 atom stereocenters. The zero-order valence-electron chi connectivity index (χ0n) is 11.4. The van der Waals surface area contributed by atoms with Gasteiger partial charge in [-0.3, -0.25) is 4.79 Å². The monoisotopic (exact) mass is 320 g/mol. The fourth-order valence-corrected chi connectivity index (χ4v) is 2.04. The van der Waals surface area contributed by atoms with Gasteiger partial charge in [-0.15, -0.1) is 0 Å². The van der Waals surface area contributed by atoms with Gasteiger partial charge >= 0.3 is 6.18 Å². The highest BCUT2D eigenvalue weighted by Gasteiger charge is 2.36. The summed E-state index contributed by atoms with van der Waals surface area (Å²) in [5.41, 5.74) is -1.38. The number of nitrogens with zero attached hydrogens (tertiary/aromatic N) is 3. The second kappa shape index (κ2) is 5.18. The molecule has 0 unspecified atom stereocenters. The summed E-state index contributed by atoms with van der Waals surface area (Å²) in [7, 11) is 0. The lowest BCUT2D eigenvalue weighted by atomic mass is 10.3. The lowest BCUT2D eigenvalue weighted by Gasteiger charge is -2.09. The molecule has 2 rings (SSSR count). The van der Waals surface area contributed by atoms with Crippen LogP contribution in [0.4, 0.5) is 13.2 Å². The van der Waals surface area contributed by atoms with Crippen LogP contribution in [0.2, 0.25) is 5.02 Å². The minimum atomic E-state index is -4.63. The van der Waals surface area contributed by atoms with E-state index in [4.69, 9.17) is 11.6 Å². The lowest BCUT2D eigenvalue weighted by molar-refractivity contribution is -0.142. The number of aryl methyl sites for hydroxylation is 1. The molecule has 0 fully saturated rings. The largest absolute Gasteiger partial charge is 0.433 e. The molecular formula is C12H12ClF3N4O. The molecule has 5 nitrogen and oxygen atoms in total. The molecule has 0 aromatic carbocycles. The number of rotatable bonds is 2. The van der Waals surface area contributed by atoms with Crippen LogP contribution < -0.4 is 5.32 Å². The van der Waals surface area contributed by atoms with Crippen molar-refractivity contribution in [1.82, 2.24) is 19.9 Å². The molecule has 2 heterocycles. The topological polar surface area (TPSA) is 59.3 Å². The maximum atomic E-state index is 13.0. The van der Waals surface area contributed by atoms with Crippen LogP contribution in [0.15, 0.2) is 6.07 Å². The third-order valence-corrected chi connectivity index (χ3v) is 2.93. The van der Waals surface area contributed by atoms with E-state index in [1.54, 1.807) is 13.8 Å². The van der Waals surface area contributed by atoms with Crippen molar-refractivity contribution in [2.24, 2.45) is 0 Å². The highest BCUT2D eigenvalue weighted by molar-refractivity contribution is 6.36. The first-order valence-corrected chi connectivity index (χ1v) is 6.43. The van der Waals surface area contributed by atoms with Crippen molar-refractivity contribution in [1.29, 1.82) is 0 Å². The molecule has 0 aliphatic heterocycles. The van der Waals surface area contributed by atoms with Gasteiger partial charge < -0.3 is 5.32 Å². The molecule has 0 saturated carbocycles. The number of nitrogens with one attached hydrogen (secondary N) is 1. The molecule has 0 spiro atoms. The van der Waals surface area contributed by atoms with Gasteiger partial charge in [-0.25, -0.2) is 9.50 Å². The molecule has 1 N–H and O–H groups in total. The van der Waals surface area contributed by atoms with Crippen LogP contribution >= 0.6 is 11.6 Å². The average Bonchev–Trinajstić information content (AvgIpc) is 2.64. The summed E-state index contributed by atoms with van der Waals surface area (Å²) in [6.07, 6.45) is -4.63. The smallest absolute Gasteiger partial charge is 0.348 e. The van der Waals surface area contributed by atoms with E-state index < -0.39 is 17.8 Å². The van der Waals surface area contributed by atoms with Crippen molar-refractivity contribution in [3.05, 3.63) is 28.2 Å². The van der Waals surface area contributed by atoms with E-state index in [2.05, 4.69) is 15.4 Å². The third kappa shape index (κ3) is 2.94. The van der Waals surface area contributed by atoms with Crippen molar-refractivity contribution in [2.45, 2.75) is 33.0 Å². The number of aromatic nitrogens is 3. The Bertz CT molecular complexity index is 709. The van der Waals surface area contributed by atoms with E-state index in [9.17, 15) is 18.0 Å². The summed E-state index contributed by atoms with van der Waals surface area (Å²) in [4.78, 5) is 15.8. The number of fused-ring (bicyclic) bond motifs is 1. The van der Waals surface area contributed by atoms with Gasteiger partial charge in [0.25, 0.3) is 5.91 Å². The van der Waals surface area contributed by atoms with Crippen LogP contribution in [-0.4, -0.2) is 26.5 Å². The summed E-state index contributed by atoms with van der Waals surface area (Å²) in [6, 6.07) is 0.649. The second-order valence-corrected chi connectivity index (χ2v) is 5.18. The zero-order chi connectivity index (χ0) is 15.9. The SMILES string of the molecule is Cc1cc(C(F)(F)F)n2nc(C(=O)NC(C)C)c(Cl)c2n1. The molecule has 0 aliphatic rings. The summed E-state index contributed by atoms with van der Waals surface area (Å²) in [5, 5.41) is 5.98. The van der Waals surface area contributed by atoms with E-state index in [1.165, 1.54) is 6.92 Å². The Kier molecular flexibility index (Phi) is 3.83.